The highest BCUT2D eigenvalue weighted by Gasteiger charge is 2.43. The molecule has 1 aliphatic rings. The van der Waals surface area contributed by atoms with E-state index in [9.17, 15) is 9.35 Å². The fourth-order valence-electron chi connectivity index (χ4n) is 2.50. The van der Waals surface area contributed by atoms with Gasteiger partial charge in [-0.1, -0.05) is 12.1 Å². The molecule has 0 aliphatic carbocycles. The van der Waals surface area contributed by atoms with Gasteiger partial charge in [0, 0.05) is 13.2 Å². The van der Waals surface area contributed by atoms with E-state index >= 15 is 0 Å². The van der Waals surface area contributed by atoms with Crippen LogP contribution in [0.3, 0.4) is 0 Å². The molecule has 1 aromatic rings. The van der Waals surface area contributed by atoms with Crippen molar-refractivity contribution < 1.29 is 18.8 Å². The zero-order chi connectivity index (χ0) is 13.9. The summed E-state index contributed by atoms with van der Waals surface area (Å²) in [5.41, 5.74) is 0.206. The summed E-state index contributed by atoms with van der Waals surface area (Å²) >= 11 is -1.06. The van der Waals surface area contributed by atoms with Gasteiger partial charge in [-0.3, -0.25) is 4.79 Å². The Balaban J connectivity index is 2.43. The van der Waals surface area contributed by atoms with Crippen molar-refractivity contribution in [2.75, 3.05) is 26.6 Å². The number of ether oxygens (including phenoxy) is 2. The summed E-state index contributed by atoms with van der Waals surface area (Å²) in [7, 11) is 1.40. The van der Waals surface area contributed by atoms with Crippen LogP contribution in [0.4, 0.5) is 0 Å². The van der Waals surface area contributed by atoms with Gasteiger partial charge in [0.05, 0.1) is 12.5 Å². The van der Waals surface area contributed by atoms with Crippen molar-refractivity contribution in [1.29, 1.82) is 0 Å². The first-order valence-corrected chi connectivity index (χ1v) is 7.76. The van der Waals surface area contributed by atoms with Gasteiger partial charge in [-0.05, 0) is 41.7 Å². The number of rotatable bonds is 3. The molecule has 0 N–H and O–H groups in total. The number of esters is 1. The van der Waals surface area contributed by atoms with Crippen molar-refractivity contribution in [2.45, 2.75) is 23.2 Å². The average Bonchev–Trinajstić information content (AvgIpc) is 2.47. The Morgan fingerprint density at radius 3 is 2.68 bits per heavy atom. The molecule has 5 heteroatoms. The minimum Gasteiger partial charge on any atom is -0.612 e. The van der Waals surface area contributed by atoms with E-state index in [1.54, 1.807) is 6.26 Å². The van der Waals surface area contributed by atoms with E-state index < -0.39 is 16.6 Å². The van der Waals surface area contributed by atoms with Crippen molar-refractivity contribution in [3.63, 3.8) is 0 Å². The Morgan fingerprint density at radius 1 is 1.42 bits per heavy atom. The molecule has 0 radical (unpaired) electrons. The molecule has 1 aromatic carbocycles. The number of hydrogen-bond acceptors (Lipinski definition) is 4. The molecule has 2 rings (SSSR count). The van der Waals surface area contributed by atoms with Crippen LogP contribution < -0.4 is 0 Å². The highest BCUT2D eigenvalue weighted by Crippen LogP contribution is 2.36. The Bertz CT molecular complexity index is 453. The van der Waals surface area contributed by atoms with Crippen LogP contribution in [0, 0.1) is 0 Å². The minimum atomic E-state index is -1.06. The lowest BCUT2D eigenvalue weighted by atomic mass is 9.74. The molecule has 19 heavy (non-hydrogen) atoms. The van der Waals surface area contributed by atoms with E-state index in [0.717, 1.165) is 10.5 Å². The van der Waals surface area contributed by atoms with Crippen molar-refractivity contribution >= 4 is 17.1 Å². The molecule has 1 atom stereocenters. The molecular weight excluding hydrogens is 264 g/mol. The lowest BCUT2D eigenvalue weighted by molar-refractivity contribution is -0.151. The fraction of sp³-hybridized carbons (Fsp3) is 0.500. The largest absolute Gasteiger partial charge is 0.612 e. The second-order valence-electron chi connectivity index (χ2n) is 4.67. The molecule has 4 nitrogen and oxygen atoms in total. The van der Waals surface area contributed by atoms with Gasteiger partial charge in [-0.15, -0.1) is 0 Å². The standard InChI is InChI=1S/C14H18O4S/c1-17-13(15)14(6-8-18-9-7-14)11-4-3-5-12(10-11)19(2)16/h3-5,10H,6-9H2,1-2H3. The van der Waals surface area contributed by atoms with Crippen molar-refractivity contribution in [1.82, 2.24) is 0 Å². The van der Waals surface area contributed by atoms with Crippen molar-refractivity contribution in [3.05, 3.63) is 29.8 Å². The summed E-state index contributed by atoms with van der Waals surface area (Å²) in [5, 5.41) is 0. The SMILES string of the molecule is COC(=O)C1(c2cccc([S+](C)[O-])c2)CCOCC1. The summed E-state index contributed by atoms with van der Waals surface area (Å²) < 4.78 is 21.9. The Kier molecular flexibility index (Phi) is 4.50. The minimum absolute atomic E-state index is 0.241. The first-order valence-electron chi connectivity index (χ1n) is 6.20. The average molecular weight is 282 g/mol. The molecule has 1 aliphatic heterocycles. The highest BCUT2D eigenvalue weighted by molar-refractivity contribution is 7.90. The number of methoxy groups -OCH3 is 1. The van der Waals surface area contributed by atoms with Gasteiger partial charge in [-0.25, -0.2) is 0 Å². The monoisotopic (exact) mass is 282 g/mol. The maximum Gasteiger partial charge on any atom is 0.316 e. The zero-order valence-corrected chi connectivity index (χ0v) is 12.0. The normalized spacial score (nSPS) is 19.7. The van der Waals surface area contributed by atoms with Gasteiger partial charge < -0.3 is 14.0 Å². The zero-order valence-electron chi connectivity index (χ0n) is 11.2. The summed E-state index contributed by atoms with van der Waals surface area (Å²) in [6.07, 6.45) is 2.83. The molecule has 104 valence electrons. The summed E-state index contributed by atoms with van der Waals surface area (Å²) in [6.45, 7) is 1.07. The lowest BCUT2D eigenvalue weighted by Crippen LogP contribution is -2.42. The van der Waals surface area contributed by atoms with Gasteiger partial charge >= 0.3 is 5.97 Å². The van der Waals surface area contributed by atoms with Crippen LogP contribution in [0.2, 0.25) is 0 Å². The lowest BCUT2D eigenvalue weighted by Gasteiger charge is -2.34. The topological polar surface area (TPSA) is 58.6 Å². The third-order valence-corrected chi connectivity index (χ3v) is 4.56. The van der Waals surface area contributed by atoms with Crippen LogP contribution in [0.1, 0.15) is 18.4 Å². The second-order valence-corrected chi connectivity index (χ2v) is 6.05. The third-order valence-electron chi connectivity index (χ3n) is 3.64. The summed E-state index contributed by atoms with van der Waals surface area (Å²) in [6, 6.07) is 7.40. The smallest absolute Gasteiger partial charge is 0.316 e. The molecule has 0 saturated carbocycles. The molecular formula is C14H18O4S. The molecule has 1 fully saturated rings. The van der Waals surface area contributed by atoms with Gasteiger partial charge in [0.2, 0.25) is 0 Å². The first-order chi connectivity index (χ1) is 9.10. The van der Waals surface area contributed by atoms with Gasteiger partial charge in [-0.2, -0.15) is 0 Å². The highest BCUT2D eigenvalue weighted by atomic mass is 32.2. The second kappa shape index (κ2) is 5.94. The van der Waals surface area contributed by atoms with Crippen LogP contribution in [-0.4, -0.2) is 37.1 Å². The van der Waals surface area contributed by atoms with Crippen LogP contribution in [0.5, 0.6) is 0 Å². The number of carbonyl (C=O) groups is 1. The van der Waals surface area contributed by atoms with Gasteiger partial charge in [0.1, 0.15) is 6.26 Å². The molecule has 0 amide bonds. The Hall–Kier alpha value is -1.04. The van der Waals surface area contributed by atoms with Gasteiger partial charge in [0.25, 0.3) is 0 Å². The maximum absolute atomic E-state index is 12.2. The van der Waals surface area contributed by atoms with Crippen LogP contribution >= 0.6 is 0 Å². The fourth-order valence-corrected chi connectivity index (χ4v) is 3.06. The van der Waals surface area contributed by atoms with E-state index in [4.69, 9.17) is 9.47 Å². The number of carbonyl (C=O) groups excluding carboxylic acids is 1. The summed E-state index contributed by atoms with van der Waals surface area (Å²) in [4.78, 5) is 12.9. The van der Waals surface area contributed by atoms with Gasteiger partial charge in [0.15, 0.2) is 4.90 Å². The van der Waals surface area contributed by atoms with E-state index in [1.165, 1.54) is 7.11 Å². The molecule has 1 heterocycles. The van der Waals surface area contributed by atoms with E-state index in [-0.39, 0.29) is 5.97 Å². The molecule has 0 spiro atoms. The van der Waals surface area contributed by atoms with Crippen LogP contribution in [-0.2, 0) is 30.9 Å². The predicted molar refractivity (Wildman–Crippen MR) is 72.5 cm³/mol. The first kappa shape index (κ1) is 14.4. The van der Waals surface area contributed by atoms with E-state index in [1.807, 2.05) is 24.3 Å². The number of hydrogen-bond donors (Lipinski definition) is 0. The van der Waals surface area contributed by atoms with Crippen molar-refractivity contribution in [2.24, 2.45) is 0 Å². The molecule has 1 unspecified atom stereocenters. The van der Waals surface area contributed by atoms with E-state index in [2.05, 4.69) is 0 Å². The molecule has 1 saturated heterocycles. The number of benzene rings is 1. The van der Waals surface area contributed by atoms with Crippen LogP contribution in [0.15, 0.2) is 29.2 Å². The molecule has 0 bridgehead atoms. The quantitative estimate of drug-likeness (QED) is 0.625. The Labute approximate surface area is 116 Å². The van der Waals surface area contributed by atoms with Crippen LogP contribution in [0.25, 0.3) is 0 Å². The molecule has 0 aromatic heterocycles. The Morgan fingerprint density at radius 2 is 2.11 bits per heavy atom. The third kappa shape index (κ3) is 2.78. The van der Waals surface area contributed by atoms with Crippen molar-refractivity contribution in [3.8, 4) is 0 Å². The van der Waals surface area contributed by atoms with E-state index in [0.29, 0.717) is 26.1 Å². The summed E-state index contributed by atoms with van der Waals surface area (Å²) in [5.74, 6) is -0.241. The predicted octanol–water partition coefficient (Wildman–Crippen LogP) is 1.65. The maximum atomic E-state index is 12.2.